The summed E-state index contributed by atoms with van der Waals surface area (Å²) in [6.45, 7) is 5.37. The van der Waals surface area contributed by atoms with Crippen molar-refractivity contribution in [2.45, 2.75) is 32.9 Å². The van der Waals surface area contributed by atoms with Gasteiger partial charge in [-0.05, 0) is 6.42 Å². The van der Waals surface area contributed by atoms with Crippen molar-refractivity contribution in [2.24, 2.45) is 0 Å². The lowest BCUT2D eigenvalue weighted by Gasteiger charge is -2.29. The van der Waals surface area contributed by atoms with Crippen molar-refractivity contribution in [3.8, 4) is 0 Å². The minimum atomic E-state index is 0.373. The van der Waals surface area contributed by atoms with E-state index in [9.17, 15) is 0 Å². The number of hydrogen-bond acceptors (Lipinski definition) is 1. The van der Waals surface area contributed by atoms with Gasteiger partial charge < -0.3 is 4.90 Å². The van der Waals surface area contributed by atoms with Gasteiger partial charge >= 0.3 is 0 Å². The second-order valence-corrected chi connectivity index (χ2v) is 4.13. The number of nitrogens with zero attached hydrogens (tertiary/aromatic N) is 2. The molecule has 0 aliphatic carbocycles. The van der Waals surface area contributed by atoms with Crippen molar-refractivity contribution in [2.75, 3.05) is 13.6 Å². The van der Waals surface area contributed by atoms with E-state index < -0.39 is 0 Å². The van der Waals surface area contributed by atoms with E-state index in [1.54, 1.807) is 0 Å². The summed E-state index contributed by atoms with van der Waals surface area (Å²) in [6.07, 6.45) is 6.90. The Kier molecular flexibility index (Phi) is 3.02. The lowest BCUT2D eigenvalue weighted by atomic mass is 10.3. The Morgan fingerprint density at radius 1 is 1.58 bits per heavy atom. The highest BCUT2D eigenvalue weighted by molar-refractivity contribution is 6.07. The molecule has 1 aliphatic rings. The molecule has 0 saturated heterocycles. The van der Waals surface area contributed by atoms with Crippen LogP contribution in [0.5, 0.6) is 0 Å². The van der Waals surface area contributed by atoms with E-state index in [2.05, 4.69) is 38.2 Å². The van der Waals surface area contributed by atoms with Crippen molar-refractivity contribution in [3.63, 3.8) is 0 Å². The summed E-state index contributed by atoms with van der Waals surface area (Å²) < 4.78 is 0.546. The Bertz CT molecular complexity index is 181. The molecular weight excluding hydrogens is 172 g/mol. The number of halogens is 1. The lowest BCUT2D eigenvalue weighted by molar-refractivity contribution is -0.791. The van der Waals surface area contributed by atoms with Crippen LogP contribution in [0.4, 0.5) is 0 Å². The zero-order valence-electron chi connectivity index (χ0n) is 8.13. The molecule has 1 aliphatic heterocycles. The molecule has 0 amide bonds. The molecule has 1 rings (SSSR count). The predicted molar refractivity (Wildman–Crippen MR) is 52.3 cm³/mol. The summed E-state index contributed by atoms with van der Waals surface area (Å²) >= 11 is 6.40. The molecule has 3 heteroatoms. The first kappa shape index (κ1) is 9.87. The molecule has 70 valence electrons. The number of unbranched alkanes of at least 4 members (excludes halogenated alkanes) is 1. The van der Waals surface area contributed by atoms with Crippen molar-refractivity contribution < 1.29 is 4.00 Å². The molecule has 0 spiro atoms. The third kappa shape index (κ3) is 1.75. The van der Waals surface area contributed by atoms with Gasteiger partial charge in [-0.3, -0.25) is 0 Å². The molecule has 0 bridgehead atoms. The fourth-order valence-electron chi connectivity index (χ4n) is 1.43. The van der Waals surface area contributed by atoms with Crippen LogP contribution in [0.3, 0.4) is 0 Å². The van der Waals surface area contributed by atoms with E-state index in [4.69, 9.17) is 11.8 Å². The molecule has 2 atom stereocenters. The maximum atomic E-state index is 6.40. The van der Waals surface area contributed by atoms with Crippen LogP contribution < -0.4 is 0 Å². The molecule has 0 aromatic heterocycles. The van der Waals surface area contributed by atoms with E-state index in [0.717, 1.165) is 6.54 Å². The molecule has 2 unspecified atom stereocenters. The summed E-state index contributed by atoms with van der Waals surface area (Å²) in [5.41, 5.74) is 0. The van der Waals surface area contributed by atoms with Gasteiger partial charge in [0.1, 0.15) is 12.7 Å². The summed E-state index contributed by atoms with van der Waals surface area (Å²) in [7, 11) is 2.06. The third-order valence-electron chi connectivity index (χ3n) is 2.61. The van der Waals surface area contributed by atoms with Gasteiger partial charge in [-0.15, -0.1) is 0 Å². The average molecular weight is 190 g/mol. The highest BCUT2D eigenvalue weighted by atomic mass is 35.5. The summed E-state index contributed by atoms with van der Waals surface area (Å²) in [5, 5.41) is 0. The lowest BCUT2D eigenvalue weighted by Crippen LogP contribution is -2.44. The highest BCUT2D eigenvalue weighted by Crippen LogP contribution is 2.28. The Hall–Kier alpha value is -0.210. The second kappa shape index (κ2) is 3.67. The van der Waals surface area contributed by atoms with Gasteiger partial charge in [0, 0.05) is 14.0 Å². The Morgan fingerprint density at radius 3 is 2.67 bits per heavy atom. The Morgan fingerprint density at radius 2 is 2.25 bits per heavy atom. The van der Waals surface area contributed by atoms with Gasteiger partial charge in [0.25, 0.3) is 0 Å². The Labute approximate surface area is 80.1 Å². The van der Waals surface area contributed by atoms with Gasteiger partial charge in [-0.25, -0.2) is 0 Å². The second-order valence-electron chi connectivity index (χ2n) is 3.50. The van der Waals surface area contributed by atoms with Crippen LogP contribution >= 0.6 is 11.8 Å². The minimum Gasteiger partial charge on any atom is -0.326 e. The molecule has 0 radical (unpaired) electrons. The molecule has 12 heavy (non-hydrogen) atoms. The first-order chi connectivity index (χ1) is 5.60. The van der Waals surface area contributed by atoms with E-state index in [0.29, 0.717) is 10.2 Å². The average Bonchev–Trinajstić information content (AvgIpc) is 2.31. The van der Waals surface area contributed by atoms with E-state index >= 15 is 0 Å². The van der Waals surface area contributed by atoms with Crippen LogP contribution in [0.15, 0.2) is 12.4 Å². The number of hydrogen-bond donors (Lipinski definition) is 0. The SMILES string of the molecule is CCCC[N+]1(Cl)C=CN(C)C1C. The fourth-order valence-corrected chi connectivity index (χ4v) is 1.74. The maximum absolute atomic E-state index is 6.40. The summed E-state index contributed by atoms with van der Waals surface area (Å²) in [6, 6.07) is 0. The molecule has 0 N–H and O–H groups in total. The first-order valence-corrected chi connectivity index (χ1v) is 4.92. The van der Waals surface area contributed by atoms with Crippen molar-refractivity contribution in [1.82, 2.24) is 4.90 Å². The molecule has 0 saturated carbocycles. The topological polar surface area (TPSA) is 3.24 Å². The monoisotopic (exact) mass is 189 g/mol. The zero-order chi connectivity index (χ0) is 9.19. The normalized spacial score (nSPS) is 34.7. The highest BCUT2D eigenvalue weighted by Gasteiger charge is 2.37. The smallest absolute Gasteiger partial charge is 0.182 e. The molecule has 0 aromatic carbocycles. The fraction of sp³-hybridized carbons (Fsp3) is 0.778. The summed E-state index contributed by atoms with van der Waals surface area (Å²) in [5.74, 6) is 0. The van der Waals surface area contributed by atoms with Crippen molar-refractivity contribution >= 4 is 11.8 Å². The van der Waals surface area contributed by atoms with E-state index in [1.807, 2.05) is 0 Å². The maximum Gasteiger partial charge on any atom is 0.182 e. The quantitative estimate of drug-likeness (QED) is 0.617. The van der Waals surface area contributed by atoms with Crippen LogP contribution in [0.1, 0.15) is 26.7 Å². The van der Waals surface area contributed by atoms with Crippen LogP contribution in [-0.4, -0.2) is 28.7 Å². The van der Waals surface area contributed by atoms with Crippen LogP contribution in [-0.2, 0) is 0 Å². The van der Waals surface area contributed by atoms with Crippen molar-refractivity contribution in [3.05, 3.63) is 12.4 Å². The van der Waals surface area contributed by atoms with Gasteiger partial charge in [-0.2, -0.15) is 4.00 Å². The van der Waals surface area contributed by atoms with Crippen molar-refractivity contribution in [1.29, 1.82) is 0 Å². The molecule has 2 nitrogen and oxygen atoms in total. The van der Waals surface area contributed by atoms with Crippen LogP contribution in [0, 0.1) is 0 Å². The molecular formula is C9H18ClN2+. The van der Waals surface area contributed by atoms with Gasteiger partial charge in [0.05, 0.1) is 6.20 Å². The molecule has 1 heterocycles. The molecule has 0 fully saturated rings. The predicted octanol–water partition coefficient (Wildman–Crippen LogP) is 2.52. The van der Waals surface area contributed by atoms with Crippen LogP contribution in [0.25, 0.3) is 0 Å². The standard InChI is InChI=1S/C9H18ClN2/c1-4-5-7-12(10)8-6-11(3)9(12)2/h6,8-9H,4-5,7H2,1-3H3/q+1. The van der Waals surface area contributed by atoms with Gasteiger partial charge in [0.15, 0.2) is 17.9 Å². The largest absolute Gasteiger partial charge is 0.326 e. The van der Waals surface area contributed by atoms with E-state index in [1.165, 1.54) is 12.8 Å². The van der Waals surface area contributed by atoms with E-state index in [-0.39, 0.29) is 0 Å². The summed E-state index contributed by atoms with van der Waals surface area (Å²) in [4.78, 5) is 2.16. The number of quaternary nitrogens is 1. The number of rotatable bonds is 3. The van der Waals surface area contributed by atoms with Gasteiger partial charge in [0.2, 0.25) is 0 Å². The molecule has 0 aromatic rings. The Balaban J connectivity index is 2.54. The third-order valence-corrected chi connectivity index (χ3v) is 3.18. The minimum absolute atomic E-state index is 0.373. The van der Waals surface area contributed by atoms with Crippen LogP contribution in [0.2, 0.25) is 0 Å². The zero-order valence-corrected chi connectivity index (χ0v) is 8.88. The first-order valence-electron chi connectivity index (χ1n) is 4.58. The van der Waals surface area contributed by atoms with Gasteiger partial charge in [-0.1, -0.05) is 13.3 Å².